The third-order valence-corrected chi connectivity index (χ3v) is 3.07. The van der Waals surface area contributed by atoms with Crippen molar-refractivity contribution in [3.8, 4) is 0 Å². The molecular formula is C17H24F2N4O3. The number of allylic oxidation sites excluding steroid dienone is 1. The van der Waals surface area contributed by atoms with Crippen molar-refractivity contribution in [2.75, 3.05) is 26.7 Å². The molecule has 0 spiro atoms. The molecule has 5 N–H and O–H groups in total. The summed E-state index contributed by atoms with van der Waals surface area (Å²) in [5, 5.41) is 2.85. The van der Waals surface area contributed by atoms with Crippen LogP contribution in [0.2, 0.25) is 0 Å². The van der Waals surface area contributed by atoms with Crippen molar-refractivity contribution >= 4 is 17.6 Å². The van der Waals surface area contributed by atoms with Gasteiger partial charge in [0.1, 0.15) is 23.0 Å². The second-order valence-corrected chi connectivity index (χ2v) is 5.02. The SMILES string of the molecule is C.CNCCN=C(N)C(C(=O)OCC(=O)c1c(F)cccc1F)=C(C)N. The van der Waals surface area contributed by atoms with Crippen molar-refractivity contribution < 1.29 is 23.1 Å². The number of esters is 1. The van der Waals surface area contributed by atoms with Gasteiger partial charge in [-0.15, -0.1) is 0 Å². The molecule has 0 bridgehead atoms. The van der Waals surface area contributed by atoms with Crippen LogP contribution >= 0.6 is 0 Å². The first-order chi connectivity index (χ1) is 11.8. The predicted molar refractivity (Wildman–Crippen MR) is 95.7 cm³/mol. The number of nitrogens with zero attached hydrogens (tertiary/aromatic N) is 1. The Morgan fingerprint density at radius 1 is 1.23 bits per heavy atom. The summed E-state index contributed by atoms with van der Waals surface area (Å²) in [4.78, 5) is 27.9. The summed E-state index contributed by atoms with van der Waals surface area (Å²) < 4.78 is 31.9. The Bertz CT molecular complexity index is 694. The number of nitrogens with two attached hydrogens (primary N) is 2. The zero-order valence-corrected chi connectivity index (χ0v) is 13.9. The molecule has 144 valence electrons. The highest BCUT2D eigenvalue weighted by molar-refractivity contribution is 6.19. The van der Waals surface area contributed by atoms with E-state index in [0.717, 1.165) is 18.2 Å². The number of hydrogen-bond donors (Lipinski definition) is 3. The average molecular weight is 370 g/mol. The quantitative estimate of drug-likeness (QED) is 0.158. The van der Waals surface area contributed by atoms with E-state index in [1.165, 1.54) is 6.92 Å². The minimum Gasteiger partial charge on any atom is -0.454 e. The monoisotopic (exact) mass is 370 g/mol. The van der Waals surface area contributed by atoms with Crippen LogP contribution in [-0.2, 0) is 9.53 Å². The zero-order valence-electron chi connectivity index (χ0n) is 13.9. The van der Waals surface area contributed by atoms with E-state index in [9.17, 15) is 18.4 Å². The molecule has 0 aromatic heterocycles. The Kier molecular flexibility index (Phi) is 9.75. The van der Waals surface area contributed by atoms with Crippen molar-refractivity contribution in [2.24, 2.45) is 16.5 Å². The van der Waals surface area contributed by atoms with Crippen LogP contribution in [0.5, 0.6) is 0 Å². The molecule has 1 aromatic carbocycles. The van der Waals surface area contributed by atoms with E-state index in [-0.39, 0.29) is 24.5 Å². The molecular weight excluding hydrogens is 346 g/mol. The Morgan fingerprint density at radius 3 is 2.31 bits per heavy atom. The molecule has 0 amide bonds. The number of carbonyl (C=O) groups is 2. The lowest BCUT2D eigenvalue weighted by Crippen LogP contribution is -2.28. The average Bonchev–Trinajstić information content (AvgIpc) is 2.52. The number of benzene rings is 1. The smallest absolute Gasteiger partial charge is 0.344 e. The normalized spacial score (nSPS) is 12.1. The molecule has 0 heterocycles. The van der Waals surface area contributed by atoms with E-state index in [1.807, 2.05) is 0 Å². The molecule has 26 heavy (non-hydrogen) atoms. The molecule has 0 aliphatic carbocycles. The highest BCUT2D eigenvalue weighted by Gasteiger charge is 2.22. The molecule has 0 aliphatic rings. The summed E-state index contributed by atoms with van der Waals surface area (Å²) in [6.45, 7) is 1.37. The van der Waals surface area contributed by atoms with Crippen molar-refractivity contribution in [2.45, 2.75) is 14.4 Å². The molecule has 0 atom stereocenters. The largest absolute Gasteiger partial charge is 0.454 e. The van der Waals surface area contributed by atoms with Crippen molar-refractivity contribution in [3.63, 3.8) is 0 Å². The van der Waals surface area contributed by atoms with Gasteiger partial charge in [0.25, 0.3) is 0 Å². The van der Waals surface area contributed by atoms with Gasteiger partial charge in [0.15, 0.2) is 6.61 Å². The number of amidine groups is 1. The van der Waals surface area contributed by atoms with E-state index in [1.54, 1.807) is 7.05 Å². The van der Waals surface area contributed by atoms with Crippen LogP contribution < -0.4 is 16.8 Å². The first kappa shape index (κ1) is 23.2. The second kappa shape index (κ2) is 10.9. The summed E-state index contributed by atoms with van der Waals surface area (Å²) in [5.41, 5.74) is 10.4. The number of ether oxygens (including phenoxy) is 1. The molecule has 1 rings (SSSR count). The number of hydrogen-bond acceptors (Lipinski definition) is 6. The summed E-state index contributed by atoms with van der Waals surface area (Å²) in [6, 6.07) is 2.98. The molecule has 0 fully saturated rings. The third kappa shape index (κ3) is 6.25. The van der Waals surface area contributed by atoms with Crippen LogP contribution in [-0.4, -0.2) is 44.3 Å². The van der Waals surface area contributed by atoms with Crippen molar-refractivity contribution in [3.05, 3.63) is 46.7 Å². The van der Waals surface area contributed by atoms with Crippen molar-refractivity contribution in [1.82, 2.24) is 5.32 Å². The maximum absolute atomic E-state index is 13.5. The zero-order chi connectivity index (χ0) is 19.0. The van der Waals surface area contributed by atoms with Crippen LogP contribution in [0.1, 0.15) is 24.7 Å². The van der Waals surface area contributed by atoms with Gasteiger partial charge < -0.3 is 21.5 Å². The maximum Gasteiger partial charge on any atom is 0.344 e. The number of carbonyl (C=O) groups excluding carboxylic acids is 2. The van der Waals surface area contributed by atoms with Crippen LogP contribution in [0.3, 0.4) is 0 Å². The predicted octanol–water partition coefficient (Wildman–Crippen LogP) is 1.14. The number of rotatable bonds is 8. The summed E-state index contributed by atoms with van der Waals surface area (Å²) in [5.74, 6) is -4.26. The third-order valence-electron chi connectivity index (χ3n) is 3.07. The van der Waals surface area contributed by atoms with E-state index < -0.39 is 35.6 Å². The first-order valence-corrected chi connectivity index (χ1v) is 7.35. The van der Waals surface area contributed by atoms with Gasteiger partial charge in [-0.25, -0.2) is 13.6 Å². The van der Waals surface area contributed by atoms with Crippen LogP contribution in [0, 0.1) is 11.6 Å². The highest BCUT2D eigenvalue weighted by Crippen LogP contribution is 2.13. The van der Waals surface area contributed by atoms with Crippen molar-refractivity contribution in [1.29, 1.82) is 0 Å². The Morgan fingerprint density at radius 2 is 1.81 bits per heavy atom. The van der Waals surface area contributed by atoms with Gasteiger partial charge in [-0.1, -0.05) is 13.5 Å². The fourth-order valence-electron chi connectivity index (χ4n) is 1.87. The topological polar surface area (TPSA) is 120 Å². The molecule has 0 saturated heterocycles. The minimum atomic E-state index is -1.04. The standard InChI is InChI=1S/C16H20F2N4O3.CH4/c1-9(19)13(15(20)22-7-6-21-2)16(24)25-8-12(23)14-10(17)4-3-5-11(14)18;/h3-5,21H,6-8,19H2,1-2H3,(H2,20,22);1H4. The van der Waals surface area contributed by atoms with Gasteiger partial charge in [0, 0.05) is 12.2 Å². The van der Waals surface area contributed by atoms with Crippen LogP contribution in [0.25, 0.3) is 0 Å². The summed E-state index contributed by atoms with van der Waals surface area (Å²) >= 11 is 0. The highest BCUT2D eigenvalue weighted by atomic mass is 19.1. The lowest BCUT2D eigenvalue weighted by molar-refractivity contribution is -0.137. The van der Waals surface area contributed by atoms with Crippen LogP contribution in [0.4, 0.5) is 8.78 Å². The van der Waals surface area contributed by atoms with Gasteiger partial charge in [-0.2, -0.15) is 0 Å². The number of ketones is 1. The molecule has 9 heteroatoms. The second-order valence-electron chi connectivity index (χ2n) is 5.02. The van der Waals surface area contributed by atoms with E-state index in [4.69, 9.17) is 16.2 Å². The Balaban J connectivity index is 0.00000625. The summed E-state index contributed by atoms with van der Waals surface area (Å²) in [7, 11) is 1.72. The number of aliphatic imine (C=N–C) groups is 1. The summed E-state index contributed by atoms with van der Waals surface area (Å²) in [6.07, 6.45) is 0. The minimum absolute atomic E-state index is 0. The molecule has 7 nitrogen and oxygen atoms in total. The number of halogens is 2. The van der Waals surface area contributed by atoms with Gasteiger partial charge >= 0.3 is 5.97 Å². The molecule has 0 aliphatic heterocycles. The molecule has 1 aromatic rings. The lowest BCUT2D eigenvalue weighted by Gasteiger charge is -2.10. The van der Waals surface area contributed by atoms with Crippen LogP contribution in [0.15, 0.2) is 34.5 Å². The van der Waals surface area contributed by atoms with E-state index in [0.29, 0.717) is 13.1 Å². The van der Waals surface area contributed by atoms with E-state index >= 15 is 0 Å². The van der Waals surface area contributed by atoms with Gasteiger partial charge in [-0.05, 0) is 26.1 Å². The lowest BCUT2D eigenvalue weighted by atomic mass is 10.1. The first-order valence-electron chi connectivity index (χ1n) is 7.35. The molecule has 0 saturated carbocycles. The van der Waals surface area contributed by atoms with Gasteiger partial charge in [0.05, 0.1) is 12.1 Å². The molecule has 0 radical (unpaired) electrons. The number of Topliss-reactive ketones (excluding diaryl/α,β-unsaturated/α-hetero) is 1. The van der Waals surface area contributed by atoms with E-state index in [2.05, 4.69) is 10.3 Å². The Hall–Kier alpha value is -2.81. The van der Waals surface area contributed by atoms with Gasteiger partial charge in [-0.3, -0.25) is 9.79 Å². The fourth-order valence-corrected chi connectivity index (χ4v) is 1.87. The van der Waals surface area contributed by atoms with Gasteiger partial charge in [0.2, 0.25) is 5.78 Å². The fraction of sp³-hybridized carbons (Fsp3) is 0.353. The number of likely N-dealkylation sites (N-methyl/N-ethyl adjacent to an activating group) is 1. The Labute approximate surface area is 151 Å². The maximum atomic E-state index is 13.5. The molecule has 0 unspecified atom stereocenters. The number of nitrogens with one attached hydrogen (secondary N) is 1.